The highest BCUT2D eigenvalue weighted by atomic mass is 15.0. The maximum absolute atomic E-state index is 5.91. The van der Waals surface area contributed by atoms with Crippen molar-refractivity contribution >= 4 is 16.6 Å². The van der Waals surface area contributed by atoms with E-state index >= 15 is 0 Å². The first-order valence-corrected chi connectivity index (χ1v) is 6.41. The van der Waals surface area contributed by atoms with E-state index in [9.17, 15) is 0 Å². The van der Waals surface area contributed by atoms with Crippen LogP contribution in [0.2, 0.25) is 0 Å². The molecule has 0 amide bonds. The minimum absolute atomic E-state index is 0.861. The summed E-state index contributed by atoms with van der Waals surface area (Å²) in [4.78, 5) is 0. The van der Waals surface area contributed by atoms with E-state index in [4.69, 9.17) is 5.73 Å². The van der Waals surface area contributed by atoms with Crippen molar-refractivity contribution in [2.75, 3.05) is 12.3 Å². The molecule has 2 heterocycles. The van der Waals surface area contributed by atoms with Crippen molar-refractivity contribution < 1.29 is 0 Å². The highest BCUT2D eigenvalue weighted by molar-refractivity contribution is 5.88. The number of fused-ring (bicyclic) bond motifs is 3. The molecule has 90 valence electrons. The van der Waals surface area contributed by atoms with Gasteiger partial charge in [0.2, 0.25) is 0 Å². The second kappa shape index (κ2) is 4.08. The van der Waals surface area contributed by atoms with E-state index in [2.05, 4.69) is 28.9 Å². The van der Waals surface area contributed by atoms with E-state index < -0.39 is 0 Å². The van der Waals surface area contributed by atoms with Crippen LogP contribution in [0.5, 0.6) is 0 Å². The van der Waals surface area contributed by atoms with Crippen LogP contribution in [0.1, 0.15) is 24.6 Å². The highest BCUT2D eigenvalue weighted by Crippen LogP contribution is 2.30. The highest BCUT2D eigenvalue weighted by Gasteiger charge is 2.19. The number of rotatable bonds is 2. The maximum Gasteiger partial charge on any atom is 0.0487 e. The van der Waals surface area contributed by atoms with Gasteiger partial charge in [0.05, 0.1) is 0 Å². The van der Waals surface area contributed by atoms with Gasteiger partial charge in [0.1, 0.15) is 0 Å². The van der Waals surface area contributed by atoms with Gasteiger partial charge in [-0.1, -0.05) is 6.92 Å². The van der Waals surface area contributed by atoms with Gasteiger partial charge in [-0.3, -0.25) is 0 Å². The second-order valence-corrected chi connectivity index (χ2v) is 4.78. The average molecular weight is 229 g/mol. The van der Waals surface area contributed by atoms with E-state index in [1.807, 2.05) is 6.07 Å². The van der Waals surface area contributed by atoms with Crippen molar-refractivity contribution in [1.29, 1.82) is 0 Å². The molecule has 2 aromatic rings. The first kappa shape index (κ1) is 10.7. The van der Waals surface area contributed by atoms with Crippen LogP contribution in [-0.2, 0) is 19.5 Å². The number of hydrogen-bond donors (Lipinski definition) is 2. The fourth-order valence-electron chi connectivity index (χ4n) is 2.88. The summed E-state index contributed by atoms with van der Waals surface area (Å²) in [6.07, 6.45) is 2.30. The Morgan fingerprint density at radius 1 is 1.41 bits per heavy atom. The number of aryl methyl sites for hydroxylation is 1. The van der Waals surface area contributed by atoms with E-state index in [1.54, 1.807) is 0 Å². The second-order valence-electron chi connectivity index (χ2n) is 4.78. The summed E-state index contributed by atoms with van der Waals surface area (Å²) in [5.41, 5.74) is 11.1. The molecule has 17 heavy (non-hydrogen) atoms. The largest absolute Gasteiger partial charge is 0.399 e. The normalized spacial score (nSPS) is 15.1. The standard InChI is InChI=1S/C14H19N3/c1-2-7-17-13-4-3-10(15)8-11(13)12-9-16-6-5-14(12)17/h3-4,8,16H,2,5-7,9,15H2,1H3. The molecule has 0 saturated carbocycles. The predicted octanol–water partition coefficient (Wildman–Crippen LogP) is 2.28. The maximum atomic E-state index is 5.91. The first-order valence-electron chi connectivity index (χ1n) is 6.41. The Labute approximate surface area is 102 Å². The zero-order valence-electron chi connectivity index (χ0n) is 10.3. The molecular weight excluding hydrogens is 210 g/mol. The lowest BCUT2D eigenvalue weighted by Gasteiger charge is -2.16. The summed E-state index contributed by atoms with van der Waals surface area (Å²) in [6.45, 7) is 5.40. The van der Waals surface area contributed by atoms with Gasteiger partial charge in [0, 0.05) is 48.3 Å². The Hall–Kier alpha value is -1.48. The topological polar surface area (TPSA) is 43.0 Å². The molecule has 0 radical (unpaired) electrons. The molecule has 0 spiro atoms. The van der Waals surface area contributed by atoms with Gasteiger partial charge in [0.25, 0.3) is 0 Å². The molecule has 0 unspecified atom stereocenters. The van der Waals surface area contributed by atoms with Crippen LogP contribution in [0.15, 0.2) is 18.2 Å². The Morgan fingerprint density at radius 2 is 2.29 bits per heavy atom. The zero-order chi connectivity index (χ0) is 11.8. The molecule has 1 aliphatic rings. The van der Waals surface area contributed by atoms with Gasteiger partial charge in [-0.15, -0.1) is 0 Å². The monoisotopic (exact) mass is 229 g/mol. The first-order chi connectivity index (χ1) is 8.31. The molecule has 3 nitrogen and oxygen atoms in total. The summed E-state index contributed by atoms with van der Waals surface area (Å²) >= 11 is 0. The van der Waals surface area contributed by atoms with Crippen molar-refractivity contribution in [3.05, 3.63) is 29.5 Å². The van der Waals surface area contributed by atoms with Crippen LogP contribution in [0, 0.1) is 0 Å². The minimum Gasteiger partial charge on any atom is -0.399 e. The fourth-order valence-corrected chi connectivity index (χ4v) is 2.88. The fraction of sp³-hybridized carbons (Fsp3) is 0.429. The lowest BCUT2D eigenvalue weighted by Crippen LogP contribution is -2.24. The van der Waals surface area contributed by atoms with E-state index in [-0.39, 0.29) is 0 Å². The van der Waals surface area contributed by atoms with Crippen molar-refractivity contribution in [2.24, 2.45) is 0 Å². The Bertz CT molecular complexity index is 554. The van der Waals surface area contributed by atoms with Gasteiger partial charge in [0.15, 0.2) is 0 Å². The van der Waals surface area contributed by atoms with E-state index in [0.717, 1.165) is 31.7 Å². The number of benzene rings is 1. The molecular formula is C14H19N3. The summed E-state index contributed by atoms with van der Waals surface area (Å²) in [5, 5.41) is 4.79. The quantitative estimate of drug-likeness (QED) is 0.776. The van der Waals surface area contributed by atoms with Gasteiger partial charge in [-0.2, -0.15) is 0 Å². The third kappa shape index (κ3) is 1.62. The van der Waals surface area contributed by atoms with Crippen LogP contribution in [-0.4, -0.2) is 11.1 Å². The van der Waals surface area contributed by atoms with Crippen LogP contribution in [0.25, 0.3) is 10.9 Å². The lowest BCUT2D eigenvalue weighted by atomic mass is 10.1. The molecule has 1 aromatic heterocycles. The number of nitrogens with zero attached hydrogens (tertiary/aromatic N) is 1. The number of anilines is 1. The lowest BCUT2D eigenvalue weighted by molar-refractivity contribution is 0.590. The Morgan fingerprint density at radius 3 is 3.12 bits per heavy atom. The Kier molecular flexibility index (Phi) is 2.56. The summed E-state index contributed by atoms with van der Waals surface area (Å²) in [6, 6.07) is 6.29. The SMILES string of the molecule is CCCn1c2c(c3cc(N)ccc31)CNCC2. The molecule has 3 heteroatoms. The molecule has 1 aromatic carbocycles. The number of hydrogen-bond acceptors (Lipinski definition) is 2. The van der Waals surface area contributed by atoms with Gasteiger partial charge in [-0.25, -0.2) is 0 Å². The summed E-state index contributed by atoms with van der Waals surface area (Å²) in [5.74, 6) is 0. The third-order valence-electron chi connectivity index (χ3n) is 3.60. The van der Waals surface area contributed by atoms with Crippen LogP contribution >= 0.6 is 0 Å². The molecule has 1 aliphatic heterocycles. The smallest absolute Gasteiger partial charge is 0.0487 e. The summed E-state index contributed by atoms with van der Waals surface area (Å²) in [7, 11) is 0. The van der Waals surface area contributed by atoms with Gasteiger partial charge >= 0.3 is 0 Å². The molecule has 0 bridgehead atoms. The minimum atomic E-state index is 0.861. The number of nitrogen functional groups attached to an aromatic ring is 1. The molecule has 0 atom stereocenters. The van der Waals surface area contributed by atoms with Gasteiger partial charge in [-0.05, 0) is 30.2 Å². The van der Waals surface area contributed by atoms with Crippen molar-refractivity contribution in [3.8, 4) is 0 Å². The van der Waals surface area contributed by atoms with Crippen LogP contribution < -0.4 is 11.1 Å². The predicted molar refractivity (Wildman–Crippen MR) is 72.1 cm³/mol. The number of nitrogens with two attached hydrogens (primary N) is 1. The molecule has 0 aliphatic carbocycles. The molecule has 3 rings (SSSR count). The van der Waals surface area contributed by atoms with Crippen molar-refractivity contribution in [2.45, 2.75) is 32.9 Å². The number of nitrogens with one attached hydrogen (secondary N) is 1. The van der Waals surface area contributed by atoms with Crippen LogP contribution in [0.3, 0.4) is 0 Å². The van der Waals surface area contributed by atoms with Crippen molar-refractivity contribution in [3.63, 3.8) is 0 Å². The van der Waals surface area contributed by atoms with Crippen molar-refractivity contribution in [1.82, 2.24) is 9.88 Å². The van der Waals surface area contributed by atoms with Crippen LogP contribution in [0.4, 0.5) is 5.69 Å². The molecule has 0 saturated heterocycles. The zero-order valence-corrected chi connectivity index (χ0v) is 10.3. The average Bonchev–Trinajstić information content (AvgIpc) is 2.65. The number of aromatic nitrogens is 1. The van der Waals surface area contributed by atoms with E-state index in [1.165, 1.54) is 28.6 Å². The third-order valence-corrected chi connectivity index (χ3v) is 3.60. The summed E-state index contributed by atoms with van der Waals surface area (Å²) < 4.78 is 2.48. The Balaban J connectivity index is 2.29. The van der Waals surface area contributed by atoms with Gasteiger partial charge < -0.3 is 15.6 Å². The molecule has 3 N–H and O–H groups in total. The van der Waals surface area contributed by atoms with E-state index in [0.29, 0.717) is 0 Å². The molecule has 0 fully saturated rings.